The van der Waals surface area contributed by atoms with Crippen LogP contribution in [0, 0.1) is 0 Å². The summed E-state index contributed by atoms with van der Waals surface area (Å²) in [5.41, 5.74) is 3.37. The second-order valence-corrected chi connectivity index (χ2v) is 9.65. The summed E-state index contributed by atoms with van der Waals surface area (Å²) in [7, 11) is 0. The molecule has 3 aromatic rings. The van der Waals surface area contributed by atoms with Crippen LogP contribution in [0.5, 0.6) is 0 Å². The predicted molar refractivity (Wildman–Crippen MR) is 136 cm³/mol. The molecule has 3 aromatic carbocycles. The second kappa shape index (κ2) is 10.1. The molecule has 0 saturated carbocycles. The molecule has 0 N–H and O–H groups in total. The molecule has 5 rings (SSSR count). The molecule has 172 valence electrons. The van der Waals surface area contributed by atoms with Gasteiger partial charge in [0.2, 0.25) is 0 Å². The van der Waals surface area contributed by atoms with Crippen LogP contribution in [0.1, 0.15) is 21.5 Å². The van der Waals surface area contributed by atoms with E-state index in [-0.39, 0.29) is 11.8 Å². The van der Waals surface area contributed by atoms with Crippen LogP contribution in [0.2, 0.25) is 5.02 Å². The number of rotatable bonds is 4. The molecule has 2 heterocycles. The number of carbonyl (C=O) groups excluding carboxylic acids is 2. The van der Waals surface area contributed by atoms with Crippen molar-refractivity contribution in [2.24, 2.45) is 0 Å². The molecule has 0 atom stereocenters. The van der Waals surface area contributed by atoms with Crippen LogP contribution in [0.15, 0.2) is 82.6 Å². The summed E-state index contributed by atoms with van der Waals surface area (Å²) in [5, 5.41) is 0.645. The first-order chi connectivity index (χ1) is 16.6. The Balaban J connectivity index is 1.40. The zero-order chi connectivity index (χ0) is 23.5. The highest BCUT2D eigenvalue weighted by atomic mass is 35.5. The first-order valence-electron chi connectivity index (χ1n) is 11.1. The molecule has 0 aromatic heterocycles. The van der Waals surface area contributed by atoms with Gasteiger partial charge in [-0.2, -0.15) is 0 Å². The number of para-hydroxylation sites is 1. The number of thioether (sulfide) groups is 1. The molecular formula is C27H23ClN2O3S. The SMILES string of the molecule is O=C(c1ccc(C=C2Sc3ccccc3N(Cc3cccc(Cl)c3)C2=O)cc1)N1CCOCC1. The van der Waals surface area contributed by atoms with Crippen LogP contribution in [-0.2, 0) is 16.1 Å². The summed E-state index contributed by atoms with van der Waals surface area (Å²) in [6.45, 7) is 2.79. The van der Waals surface area contributed by atoms with Crippen molar-refractivity contribution in [2.45, 2.75) is 11.4 Å². The van der Waals surface area contributed by atoms with Gasteiger partial charge in [0.15, 0.2) is 0 Å². The summed E-state index contributed by atoms with van der Waals surface area (Å²) >= 11 is 7.63. The largest absolute Gasteiger partial charge is 0.378 e. The fraction of sp³-hybridized carbons (Fsp3) is 0.185. The zero-order valence-electron chi connectivity index (χ0n) is 18.4. The number of halogens is 1. The third kappa shape index (κ3) is 4.89. The van der Waals surface area contributed by atoms with Crippen LogP contribution in [0.3, 0.4) is 0 Å². The Bertz CT molecular complexity index is 1250. The normalized spacial score (nSPS) is 17.1. The van der Waals surface area contributed by atoms with E-state index in [2.05, 4.69) is 0 Å². The number of carbonyl (C=O) groups is 2. The Kier molecular flexibility index (Phi) is 6.72. The Morgan fingerprint density at radius 1 is 1.00 bits per heavy atom. The van der Waals surface area contributed by atoms with Crippen LogP contribution in [-0.4, -0.2) is 43.0 Å². The number of morpholine rings is 1. The topological polar surface area (TPSA) is 49.9 Å². The van der Waals surface area contributed by atoms with Crippen molar-refractivity contribution in [1.29, 1.82) is 0 Å². The number of fused-ring (bicyclic) bond motifs is 1. The summed E-state index contributed by atoms with van der Waals surface area (Å²) in [5.74, 6) is -0.0515. The van der Waals surface area contributed by atoms with E-state index in [0.29, 0.717) is 48.3 Å². The van der Waals surface area contributed by atoms with Crippen molar-refractivity contribution in [3.63, 3.8) is 0 Å². The van der Waals surface area contributed by atoms with Gasteiger partial charge in [0.05, 0.1) is 30.4 Å². The second-order valence-electron chi connectivity index (χ2n) is 8.13. The highest BCUT2D eigenvalue weighted by Gasteiger charge is 2.29. The molecule has 2 aliphatic heterocycles. The van der Waals surface area contributed by atoms with Crippen LogP contribution >= 0.6 is 23.4 Å². The van der Waals surface area contributed by atoms with Gasteiger partial charge in [-0.05, 0) is 53.6 Å². The standard InChI is InChI=1S/C27H23ClN2O3S/c28-22-5-3-4-20(16-22)18-30-23-6-1-2-7-24(23)34-25(27(30)32)17-19-8-10-21(11-9-19)26(31)29-12-14-33-15-13-29/h1-11,16-17H,12-15,18H2. The maximum atomic E-state index is 13.5. The quantitative estimate of drug-likeness (QED) is 0.453. The Hall–Kier alpha value is -3.06. The van der Waals surface area contributed by atoms with Gasteiger partial charge in [-0.1, -0.05) is 59.8 Å². The summed E-state index contributed by atoms with van der Waals surface area (Å²) in [4.78, 5) is 31.5. The maximum Gasteiger partial charge on any atom is 0.265 e. The van der Waals surface area contributed by atoms with Gasteiger partial charge in [0, 0.05) is 28.6 Å². The van der Waals surface area contributed by atoms with Crippen LogP contribution in [0.25, 0.3) is 6.08 Å². The van der Waals surface area contributed by atoms with Crippen LogP contribution < -0.4 is 4.90 Å². The summed E-state index contributed by atoms with van der Waals surface area (Å²) < 4.78 is 5.33. The average Bonchev–Trinajstić information content (AvgIpc) is 2.87. The monoisotopic (exact) mass is 490 g/mol. The third-order valence-electron chi connectivity index (χ3n) is 5.82. The van der Waals surface area contributed by atoms with Gasteiger partial charge in [0.1, 0.15) is 0 Å². The molecule has 5 nitrogen and oxygen atoms in total. The lowest BCUT2D eigenvalue weighted by atomic mass is 10.1. The van der Waals surface area contributed by atoms with E-state index in [1.807, 2.05) is 83.8 Å². The number of hydrogen-bond donors (Lipinski definition) is 0. The maximum absolute atomic E-state index is 13.5. The molecule has 0 radical (unpaired) electrons. The molecule has 1 fully saturated rings. The van der Waals surface area contributed by atoms with Gasteiger partial charge in [-0.25, -0.2) is 0 Å². The summed E-state index contributed by atoms with van der Waals surface area (Å²) in [6.07, 6.45) is 1.89. The lowest BCUT2D eigenvalue weighted by molar-refractivity contribution is -0.114. The van der Waals surface area contributed by atoms with Crippen LogP contribution in [0.4, 0.5) is 5.69 Å². The Labute approximate surface area is 208 Å². The average molecular weight is 491 g/mol. The third-order valence-corrected chi connectivity index (χ3v) is 7.13. The minimum atomic E-state index is -0.0582. The van der Waals surface area contributed by atoms with E-state index >= 15 is 0 Å². The number of amides is 2. The molecule has 7 heteroatoms. The highest BCUT2D eigenvalue weighted by Crippen LogP contribution is 2.42. The molecule has 1 saturated heterocycles. The van der Waals surface area contributed by atoms with E-state index in [4.69, 9.17) is 16.3 Å². The van der Waals surface area contributed by atoms with Gasteiger partial charge in [-0.15, -0.1) is 0 Å². The van der Waals surface area contributed by atoms with Gasteiger partial charge < -0.3 is 14.5 Å². The van der Waals surface area contributed by atoms with Crippen molar-refractivity contribution in [3.05, 3.63) is 99.4 Å². The van der Waals surface area contributed by atoms with E-state index in [0.717, 1.165) is 21.7 Å². The zero-order valence-corrected chi connectivity index (χ0v) is 20.0. The van der Waals surface area contributed by atoms with Gasteiger partial charge >= 0.3 is 0 Å². The first kappa shape index (κ1) is 22.7. The molecule has 2 aliphatic rings. The number of hydrogen-bond acceptors (Lipinski definition) is 4. The minimum Gasteiger partial charge on any atom is -0.378 e. The lowest BCUT2D eigenvalue weighted by Crippen LogP contribution is -2.40. The van der Waals surface area contributed by atoms with Gasteiger partial charge in [0.25, 0.3) is 11.8 Å². The van der Waals surface area contributed by atoms with E-state index in [1.165, 1.54) is 11.8 Å². The van der Waals surface area contributed by atoms with Crippen molar-refractivity contribution < 1.29 is 14.3 Å². The molecule has 0 aliphatic carbocycles. The lowest BCUT2D eigenvalue weighted by Gasteiger charge is -2.30. The van der Waals surface area contributed by atoms with Crippen molar-refractivity contribution in [3.8, 4) is 0 Å². The molecule has 2 amide bonds. The smallest absolute Gasteiger partial charge is 0.265 e. The first-order valence-corrected chi connectivity index (χ1v) is 12.3. The van der Waals surface area contributed by atoms with E-state index in [9.17, 15) is 9.59 Å². The highest BCUT2D eigenvalue weighted by molar-refractivity contribution is 8.04. The Morgan fingerprint density at radius 3 is 2.53 bits per heavy atom. The molecular weight excluding hydrogens is 468 g/mol. The molecule has 34 heavy (non-hydrogen) atoms. The van der Waals surface area contributed by atoms with E-state index < -0.39 is 0 Å². The number of ether oxygens (including phenoxy) is 1. The van der Waals surface area contributed by atoms with Crippen molar-refractivity contribution >= 4 is 46.9 Å². The predicted octanol–water partition coefficient (Wildman–Crippen LogP) is 5.49. The molecule has 0 unspecified atom stereocenters. The van der Waals surface area contributed by atoms with Crippen molar-refractivity contribution in [2.75, 3.05) is 31.2 Å². The summed E-state index contributed by atoms with van der Waals surface area (Å²) in [6, 6.07) is 22.9. The molecule has 0 spiro atoms. The van der Waals surface area contributed by atoms with Crippen molar-refractivity contribution in [1.82, 2.24) is 4.90 Å². The minimum absolute atomic E-state index is 0.00671. The van der Waals surface area contributed by atoms with Gasteiger partial charge in [-0.3, -0.25) is 9.59 Å². The fourth-order valence-electron chi connectivity index (χ4n) is 4.06. The number of benzene rings is 3. The Morgan fingerprint density at radius 2 is 1.76 bits per heavy atom. The van der Waals surface area contributed by atoms with E-state index in [1.54, 1.807) is 4.90 Å². The number of nitrogens with zero attached hydrogens (tertiary/aromatic N) is 2. The fourth-order valence-corrected chi connectivity index (χ4v) is 5.33. The molecule has 0 bridgehead atoms. The number of anilines is 1.